The zero-order valence-corrected chi connectivity index (χ0v) is 8.64. The standard InChI is InChI=1S/C11H12O2S/c12-11(13)10-9(6-7-14-10)8-4-2-1-3-5-8/h4,6-7H,1-3,5H2,(H,12,13). The van der Waals surface area contributed by atoms with Crippen molar-refractivity contribution in [2.24, 2.45) is 0 Å². The SMILES string of the molecule is O=C(O)c1sccc1C1=CCCCC1. The molecule has 0 bridgehead atoms. The Morgan fingerprint density at radius 1 is 1.43 bits per heavy atom. The average molecular weight is 208 g/mol. The second-order valence-corrected chi connectivity index (χ2v) is 4.36. The number of rotatable bonds is 2. The molecular formula is C11H12O2S. The third kappa shape index (κ3) is 1.73. The highest BCUT2D eigenvalue weighted by Crippen LogP contribution is 2.31. The maximum atomic E-state index is 10.9. The molecule has 1 aliphatic carbocycles. The van der Waals surface area contributed by atoms with Crippen molar-refractivity contribution in [2.75, 3.05) is 0 Å². The van der Waals surface area contributed by atoms with Crippen LogP contribution in [0, 0.1) is 0 Å². The summed E-state index contributed by atoms with van der Waals surface area (Å²) >= 11 is 1.31. The van der Waals surface area contributed by atoms with E-state index in [1.54, 1.807) is 0 Å². The van der Waals surface area contributed by atoms with Gasteiger partial charge in [-0.05, 0) is 42.7 Å². The van der Waals surface area contributed by atoms with E-state index in [1.807, 2.05) is 11.4 Å². The van der Waals surface area contributed by atoms with Crippen LogP contribution in [0.15, 0.2) is 17.5 Å². The Morgan fingerprint density at radius 3 is 2.93 bits per heavy atom. The molecule has 0 spiro atoms. The minimum Gasteiger partial charge on any atom is -0.477 e. The van der Waals surface area contributed by atoms with Crippen LogP contribution in [0.25, 0.3) is 5.57 Å². The molecule has 1 heterocycles. The van der Waals surface area contributed by atoms with Gasteiger partial charge in [-0.3, -0.25) is 0 Å². The first kappa shape index (κ1) is 9.46. The quantitative estimate of drug-likeness (QED) is 0.808. The van der Waals surface area contributed by atoms with E-state index in [-0.39, 0.29) is 0 Å². The topological polar surface area (TPSA) is 37.3 Å². The van der Waals surface area contributed by atoms with Gasteiger partial charge in [-0.25, -0.2) is 4.79 Å². The maximum Gasteiger partial charge on any atom is 0.346 e. The molecule has 0 amide bonds. The van der Waals surface area contributed by atoms with Gasteiger partial charge in [0, 0.05) is 5.56 Å². The number of carboxylic acids is 1. The van der Waals surface area contributed by atoms with Gasteiger partial charge in [0.2, 0.25) is 0 Å². The molecule has 1 aliphatic rings. The fraction of sp³-hybridized carbons (Fsp3) is 0.364. The van der Waals surface area contributed by atoms with Crippen molar-refractivity contribution in [3.63, 3.8) is 0 Å². The molecule has 3 heteroatoms. The van der Waals surface area contributed by atoms with Crippen molar-refractivity contribution < 1.29 is 9.90 Å². The van der Waals surface area contributed by atoms with Crippen LogP contribution in [-0.4, -0.2) is 11.1 Å². The Bertz CT molecular complexity index is 376. The molecule has 2 rings (SSSR count). The number of allylic oxidation sites excluding steroid dienone is 2. The summed E-state index contributed by atoms with van der Waals surface area (Å²) in [5, 5.41) is 10.8. The summed E-state index contributed by atoms with van der Waals surface area (Å²) in [6.45, 7) is 0. The van der Waals surface area contributed by atoms with Crippen LogP contribution in [0.3, 0.4) is 0 Å². The van der Waals surface area contributed by atoms with Crippen LogP contribution in [0.4, 0.5) is 0 Å². The lowest BCUT2D eigenvalue weighted by Gasteiger charge is -2.11. The molecular weight excluding hydrogens is 196 g/mol. The zero-order chi connectivity index (χ0) is 9.97. The van der Waals surface area contributed by atoms with Crippen LogP contribution in [0.2, 0.25) is 0 Å². The number of hydrogen-bond acceptors (Lipinski definition) is 2. The molecule has 1 N–H and O–H groups in total. The van der Waals surface area contributed by atoms with Crippen molar-refractivity contribution in [3.05, 3.63) is 28.0 Å². The lowest BCUT2D eigenvalue weighted by molar-refractivity contribution is 0.0702. The fourth-order valence-corrected chi connectivity index (χ4v) is 2.58. The number of aromatic carboxylic acids is 1. The van der Waals surface area contributed by atoms with Gasteiger partial charge < -0.3 is 5.11 Å². The van der Waals surface area contributed by atoms with E-state index in [2.05, 4.69) is 6.08 Å². The summed E-state index contributed by atoms with van der Waals surface area (Å²) in [6.07, 6.45) is 6.70. The molecule has 1 aromatic rings. The minimum absolute atomic E-state index is 0.484. The summed E-state index contributed by atoms with van der Waals surface area (Å²) in [5.41, 5.74) is 2.15. The lowest BCUT2D eigenvalue weighted by atomic mass is 9.94. The summed E-state index contributed by atoms with van der Waals surface area (Å²) in [5.74, 6) is -0.804. The van der Waals surface area contributed by atoms with Gasteiger partial charge in [0.25, 0.3) is 0 Å². The Labute approximate surface area is 86.9 Å². The van der Waals surface area contributed by atoms with E-state index in [9.17, 15) is 4.79 Å². The molecule has 1 aromatic heterocycles. The maximum absolute atomic E-state index is 10.9. The molecule has 0 fully saturated rings. The van der Waals surface area contributed by atoms with Gasteiger partial charge in [0.05, 0.1) is 0 Å². The van der Waals surface area contributed by atoms with Crippen LogP contribution >= 0.6 is 11.3 Å². The normalized spacial score (nSPS) is 16.4. The molecule has 0 radical (unpaired) electrons. The number of hydrogen-bond donors (Lipinski definition) is 1. The zero-order valence-electron chi connectivity index (χ0n) is 7.82. The summed E-state index contributed by atoms with van der Waals surface area (Å²) in [7, 11) is 0. The van der Waals surface area contributed by atoms with Crippen LogP contribution in [-0.2, 0) is 0 Å². The minimum atomic E-state index is -0.804. The molecule has 14 heavy (non-hydrogen) atoms. The molecule has 0 saturated heterocycles. The smallest absolute Gasteiger partial charge is 0.346 e. The van der Waals surface area contributed by atoms with Gasteiger partial charge in [-0.15, -0.1) is 11.3 Å². The first-order valence-electron chi connectivity index (χ1n) is 4.79. The van der Waals surface area contributed by atoms with Crippen molar-refractivity contribution in [3.8, 4) is 0 Å². The molecule has 0 atom stereocenters. The second-order valence-electron chi connectivity index (χ2n) is 3.44. The van der Waals surface area contributed by atoms with E-state index < -0.39 is 5.97 Å². The highest BCUT2D eigenvalue weighted by molar-refractivity contribution is 7.12. The Hall–Kier alpha value is -1.09. The van der Waals surface area contributed by atoms with Gasteiger partial charge >= 0.3 is 5.97 Å². The first-order valence-corrected chi connectivity index (χ1v) is 5.67. The van der Waals surface area contributed by atoms with Crippen LogP contribution < -0.4 is 0 Å². The summed E-state index contributed by atoms with van der Waals surface area (Å²) in [6, 6.07) is 1.92. The average Bonchev–Trinajstić information content (AvgIpc) is 2.67. The first-order chi connectivity index (χ1) is 6.79. The third-order valence-corrected chi connectivity index (χ3v) is 3.40. The third-order valence-electron chi connectivity index (χ3n) is 2.50. The van der Waals surface area contributed by atoms with E-state index in [4.69, 9.17) is 5.11 Å². The monoisotopic (exact) mass is 208 g/mol. The van der Waals surface area contributed by atoms with Crippen molar-refractivity contribution in [1.82, 2.24) is 0 Å². The van der Waals surface area contributed by atoms with Crippen molar-refractivity contribution >= 4 is 22.9 Å². The lowest BCUT2D eigenvalue weighted by Crippen LogP contribution is -1.99. The van der Waals surface area contributed by atoms with Crippen molar-refractivity contribution in [1.29, 1.82) is 0 Å². The molecule has 2 nitrogen and oxygen atoms in total. The van der Waals surface area contributed by atoms with Crippen LogP contribution in [0.1, 0.15) is 40.9 Å². The summed E-state index contributed by atoms with van der Waals surface area (Å²) in [4.78, 5) is 11.4. The van der Waals surface area contributed by atoms with Gasteiger partial charge in [0.1, 0.15) is 4.88 Å². The Balaban J connectivity index is 2.35. The molecule has 0 aromatic carbocycles. The van der Waals surface area contributed by atoms with E-state index in [0.29, 0.717) is 4.88 Å². The highest BCUT2D eigenvalue weighted by atomic mass is 32.1. The van der Waals surface area contributed by atoms with E-state index in [0.717, 1.165) is 18.4 Å². The number of carbonyl (C=O) groups is 1. The fourth-order valence-electron chi connectivity index (χ4n) is 1.81. The Morgan fingerprint density at radius 2 is 2.29 bits per heavy atom. The van der Waals surface area contributed by atoms with Crippen molar-refractivity contribution in [2.45, 2.75) is 25.7 Å². The second kappa shape index (κ2) is 3.96. The number of thiophene rings is 1. The predicted octanol–water partition coefficient (Wildman–Crippen LogP) is 3.40. The number of carboxylic acid groups (broad SMARTS) is 1. The highest BCUT2D eigenvalue weighted by Gasteiger charge is 2.15. The molecule has 74 valence electrons. The largest absolute Gasteiger partial charge is 0.477 e. The molecule has 0 aliphatic heterocycles. The van der Waals surface area contributed by atoms with Gasteiger partial charge in [0.15, 0.2) is 0 Å². The predicted molar refractivity (Wildman–Crippen MR) is 57.7 cm³/mol. The van der Waals surface area contributed by atoms with E-state index in [1.165, 1.54) is 29.8 Å². The van der Waals surface area contributed by atoms with E-state index >= 15 is 0 Å². The molecule has 0 unspecified atom stereocenters. The Kier molecular flexibility index (Phi) is 2.68. The molecule has 0 saturated carbocycles. The van der Waals surface area contributed by atoms with Gasteiger partial charge in [-0.1, -0.05) is 6.08 Å². The van der Waals surface area contributed by atoms with Gasteiger partial charge in [-0.2, -0.15) is 0 Å². The summed E-state index contributed by atoms with van der Waals surface area (Å²) < 4.78 is 0. The van der Waals surface area contributed by atoms with Crippen LogP contribution in [0.5, 0.6) is 0 Å².